The Labute approximate surface area is 215 Å². The average molecular weight is 508 g/mol. The van der Waals surface area contributed by atoms with E-state index in [2.05, 4.69) is 52.0 Å². The molecule has 196 valence electrons. The Kier molecular flexibility index (Phi) is 25.0. The van der Waals surface area contributed by atoms with Gasteiger partial charge in [-0.05, 0) is 77.0 Å². The minimum atomic E-state index is 0.225. The molecule has 0 bridgehead atoms. The molecule has 3 nitrogen and oxygen atoms in total. The van der Waals surface area contributed by atoms with Gasteiger partial charge in [0.25, 0.3) is 0 Å². The van der Waals surface area contributed by atoms with Gasteiger partial charge in [-0.25, -0.2) is 0 Å². The standard InChI is InChI=1S/C28H52Cl2O3/c1-5-7-9-11-13-27(17-15-25(3)29)19-21-31-23-33-24-32-22-20-28(18-16-26(4)30)14-12-10-8-6-2/h11-14,25-28H,5-10,15-24H2,1-4H3. The first-order chi connectivity index (χ1) is 16.0. The number of ether oxygens (including phenoxy) is 3. The first kappa shape index (κ1) is 32.9. The number of alkyl halides is 2. The van der Waals surface area contributed by atoms with Crippen LogP contribution in [0.1, 0.15) is 105 Å². The second-order valence-electron chi connectivity index (χ2n) is 9.21. The van der Waals surface area contributed by atoms with Crippen LogP contribution < -0.4 is 0 Å². The average Bonchev–Trinajstić information content (AvgIpc) is 2.78. The molecule has 0 aliphatic heterocycles. The van der Waals surface area contributed by atoms with Crippen molar-refractivity contribution in [1.82, 2.24) is 0 Å². The van der Waals surface area contributed by atoms with Gasteiger partial charge in [-0.15, -0.1) is 23.2 Å². The fraction of sp³-hybridized carbons (Fsp3) is 0.857. The molecule has 33 heavy (non-hydrogen) atoms. The molecule has 0 rings (SSSR count). The molecule has 0 aliphatic rings. The van der Waals surface area contributed by atoms with E-state index in [-0.39, 0.29) is 24.3 Å². The van der Waals surface area contributed by atoms with Crippen LogP contribution in [0.15, 0.2) is 24.3 Å². The molecule has 0 saturated carbocycles. The fourth-order valence-corrected chi connectivity index (χ4v) is 3.77. The van der Waals surface area contributed by atoms with Gasteiger partial charge in [-0.2, -0.15) is 0 Å². The fourth-order valence-electron chi connectivity index (χ4n) is 3.52. The summed E-state index contributed by atoms with van der Waals surface area (Å²) in [6.07, 6.45) is 22.9. The molecule has 5 heteroatoms. The van der Waals surface area contributed by atoms with Crippen molar-refractivity contribution in [3.8, 4) is 0 Å². The number of rotatable bonds is 24. The monoisotopic (exact) mass is 506 g/mol. The molecule has 0 radical (unpaired) electrons. The maximum atomic E-state index is 6.14. The van der Waals surface area contributed by atoms with Gasteiger partial charge in [-0.3, -0.25) is 0 Å². The number of allylic oxidation sites excluding steroid dienone is 4. The summed E-state index contributed by atoms with van der Waals surface area (Å²) < 4.78 is 16.8. The topological polar surface area (TPSA) is 27.7 Å². The molecule has 0 saturated heterocycles. The van der Waals surface area contributed by atoms with Crippen LogP contribution in [0.3, 0.4) is 0 Å². The van der Waals surface area contributed by atoms with Crippen LogP contribution in [-0.2, 0) is 14.2 Å². The van der Waals surface area contributed by atoms with Crippen LogP contribution in [0.4, 0.5) is 0 Å². The highest BCUT2D eigenvalue weighted by Crippen LogP contribution is 2.19. The maximum Gasteiger partial charge on any atom is 0.149 e. The van der Waals surface area contributed by atoms with Crippen molar-refractivity contribution in [3.05, 3.63) is 24.3 Å². The highest BCUT2D eigenvalue weighted by molar-refractivity contribution is 6.20. The van der Waals surface area contributed by atoms with E-state index in [9.17, 15) is 0 Å². The minimum Gasteiger partial charge on any atom is -0.355 e. The van der Waals surface area contributed by atoms with E-state index in [4.69, 9.17) is 37.4 Å². The van der Waals surface area contributed by atoms with Gasteiger partial charge >= 0.3 is 0 Å². The van der Waals surface area contributed by atoms with Gasteiger partial charge in [0.15, 0.2) is 0 Å². The molecule has 0 aromatic heterocycles. The molecule has 0 aromatic carbocycles. The number of halogens is 2. The summed E-state index contributed by atoms with van der Waals surface area (Å²) in [7, 11) is 0. The van der Waals surface area contributed by atoms with Crippen molar-refractivity contribution < 1.29 is 14.2 Å². The molecule has 0 N–H and O–H groups in total. The van der Waals surface area contributed by atoms with Crippen molar-refractivity contribution in [1.29, 1.82) is 0 Å². The van der Waals surface area contributed by atoms with Crippen LogP contribution in [0, 0.1) is 11.8 Å². The van der Waals surface area contributed by atoms with Crippen molar-refractivity contribution >= 4 is 23.2 Å². The first-order valence-corrected chi connectivity index (χ1v) is 14.2. The summed E-state index contributed by atoms with van der Waals surface area (Å²) >= 11 is 12.3. The molecular formula is C28H52Cl2O3. The minimum absolute atomic E-state index is 0.225. The first-order valence-electron chi connectivity index (χ1n) is 13.3. The molecule has 0 spiro atoms. The van der Waals surface area contributed by atoms with Gasteiger partial charge in [0, 0.05) is 24.0 Å². The van der Waals surface area contributed by atoms with Gasteiger partial charge in [-0.1, -0.05) is 63.8 Å². The third kappa shape index (κ3) is 24.9. The maximum absolute atomic E-state index is 6.14. The molecule has 4 unspecified atom stereocenters. The van der Waals surface area contributed by atoms with E-state index in [0.29, 0.717) is 25.0 Å². The molecular weight excluding hydrogens is 455 g/mol. The van der Waals surface area contributed by atoms with E-state index >= 15 is 0 Å². The highest BCUT2D eigenvalue weighted by atomic mass is 35.5. The molecule has 4 atom stereocenters. The Morgan fingerprint density at radius 2 is 1.03 bits per heavy atom. The second kappa shape index (κ2) is 25.0. The van der Waals surface area contributed by atoms with Crippen molar-refractivity contribution in [2.45, 2.75) is 115 Å². The third-order valence-electron chi connectivity index (χ3n) is 5.73. The second-order valence-corrected chi connectivity index (χ2v) is 10.7. The van der Waals surface area contributed by atoms with Crippen molar-refractivity contribution in [2.75, 3.05) is 26.8 Å². The zero-order chi connectivity index (χ0) is 24.6. The molecule has 0 heterocycles. The number of hydrogen-bond donors (Lipinski definition) is 0. The van der Waals surface area contributed by atoms with E-state index < -0.39 is 0 Å². The van der Waals surface area contributed by atoms with Gasteiger partial charge in [0.05, 0.1) is 0 Å². The van der Waals surface area contributed by atoms with Crippen LogP contribution in [-0.4, -0.2) is 37.6 Å². The third-order valence-corrected chi connectivity index (χ3v) is 6.17. The van der Waals surface area contributed by atoms with E-state index in [1.54, 1.807) is 0 Å². The van der Waals surface area contributed by atoms with Crippen LogP contribution in [0.25, 0.3) is 0 Å². The number of unbranched alkanes of at least 4 members (excludes halogenated alkanes) is 4. The van der Waals surface area contributed by atoms with Crippen molar-refractivity contribution in [2.24, 2.45) is 11.8 Å². The largest absolute Gasteiger partial charge is 0.355 e. The summed E-state index contributed by atoms with van der Waals surface area (Å²) in [5, 5.41) is 0.449. The number of hydrogen-bond acceptors (Lipinski definition) is 3. The Bertz CT molecular complexity index is 412. The lowest BCUT2D eigenvalue weighted by Crippen LogP contribution is -2.10. The summed E-state index contributed by atoms with van der Waals surface area (Å²) in [5.74, 6) is 1.05. The van der Waals surface area contributed by atoms with E-state index in [1.807, 2.05) is 0 Å². The summed E-state index contributed by atoms with van der Waals surface area (Å²) in [6.45, 7) is 10.5. The normalized spacial score (nSPS) is 15.9. The zero-order valence-electron chi connectivity index (χ0n) is 21.9. The SMILES string of the molecule is CCCCC=CC(CCOCOCOCCC(C=CCCCC)CCC(C)Cl)CCC(C)Cl. The lowest BCUT2D eigenvalue weighted by Gasteiger charge is -2.15. The van der Waals surface area contributed by atoms with Gasteiger partial charge in [0.1, 0.15) is 13.6 Å². The Morgan fingerprint density at radius 1 is 0.606 bits per heavy atom. The Balaban J connectivity index is 3.96. The van der Waals surface area contributed by atoms with E-state index in [0.717, 1.165) is 51.4 Å². The smallest absolute Gasteiger partial charge is 0.149 e. The molecule has 0 aliphatic carbocycles. The molecule has 0 amide bonds. The summed E-state index contributed by atoms with van der Waals surface area (Å²) in [5.41, 5.74) is 0. The van der Waals surface area contributed by atoms with Gasteiger partial charge < -0.3 is 14.2 Å². The predicted octanol–water partition coefficient (Wildman–Crippen LogP) is 9.27. The highest BCUT2D eigenvalue weighted by Gasteiger charge is 2.08. The Morgan fingerprint density at radius 3 is 1.39 bits per heavy atom. The van der Waals surface area contributed by atoms with Crippen molar-refractivity contribution in [3.63, 3.8) is 0 Å². The molecule has 0 aromatic rings. The van der Waals surface area contributed by atoms with Crippen LogP contribution in [0.5, 0.6) is 0 Å². The quantitative estimate of drug-likeness (QED) is 0.0564. The van der Waals surface area contributed by atoms with Crippen LogP contribution in [0.2, 0.25) is 0 Å². The van der Waals surface area contributed by atoms with Crippen LogP contribution >= 0.6 is 23.2 Å². The lowest BCUT2D eigenvalue weighted by atomic mass is 9.97. The predicted molar refractivity (Wildman–Crippen MR) is 145 cm³/mol. The molecule has 0 fully saturated rings. The van der Waals surface area contributed by atoms with Gasteiger partial charge in [0.2, 0.25) is 0 Å². The van der Waals surface area contributed by atoms with E-state index in [1.165, 1.54) is 25.7 Å². The summed E-state index contributed by atoms with van der Waals surface area (Å²) in [4.78, 5) is 0. The lowest BCUT2D eigenvalue weighted by molar-refractivity contribution is -0.133. The zero-order valence-corrected chi connectivity index (χ0v) is 23.4. The Hall–Kier alpha value is -0.0600. The summed E-state index contributed by atoms with van der Waals surface area (Å²) in [6, 6.07) is 0.